The number of hydrogen-bond donors (Lipinski definition) is 1. The van der Waals surface area contributed by atoms with Gasteiger partial charge in [0.05, 0.1) is 24.3 Å². The molecule has 1 fully saturated rings. The lowest BCUT2D eigenvalue weighted by atomic mass is 9.86. The fourth-order valence-corrected chi connectivity index (χ4v) is 4.47. The van der Waals surface area contributed by atoms with Gasteiger partial charge in [-0.2, -0.15) is 0 Å². The van der Waals surface area contributed by atoms with Gasteiger partial charge < -0.3 is 25.5 Å². The van der Waals surface area contributed by atoms with Crippen molar-refractivity contribution in [3.8, 4) is 11.5 Å². The van der Waals surface area contributed by atoms with Gasteiger partial charge in [-0.05, 0) is 56.4 Å². The maximum atomic E-state index is 13.0. The maximum absolute atomic E-state index is 13.0. The van der Waals surface area contributed by atoms with Gasteiger partial charge in [-0.1, -0.05) is 6.07 Å². The van der Waals surface area contributed by atoms with Crippen LogP contribution < -0.4 is 20.3 Å². The van der Waals surface area contributed by atoms with E-state index < -0.39 is 17.9 Å². The van der Waals surface area contributed by atoms with Crippen molar-refractivity contribution in [1.82, 2.24) is 4.98 Å². The number of nitrogens with zero attached hydrogens (tertiary/aromatic N) is 2. The number of rotatable bonds is 8. The lowest BCUT2D eigenvalue weighted by Crippen LogP contribution is -2.38. The Morgan fingerprint density at radius 3 is 2.74 bits per heavy atom. The molecule has 1 aromatic carbocycles. The quantitative estimate of drug-likeness (QED) is 0.690. The molecule has 2 aromatic rings. The molecule has 1 aliphatic carbocycles. The molecule has 2 N–H and O–H groups in total. The first-order valence-electron chi connectivity index (χ1n) is 10.7. The first-order chi connectivity index (χ1) is 15.0. The van der Waals surface area contributed by atoms with Crippen LogP contribution in [0, 0.1) is 5.21 Å². The Balaban J connectivity index is 1.71. The molecule has 0 bridgehead atoms. The van der Waals surface area contributed by atoms with Crippen molar-refractivity contribution in [2.24, 2.45) is 5.73 Å². The number of anilines is 1. The maximum Gasteiger partial charge on any atom is 0.218 e. The number of hydroxylamine groups is 1. The number of primary amides is 1. The van der Waals surface area contributed by atoms with Crippen LogP contribution in [0.3, 0.4) is 0 Å². The van der Waals surface area contributed by atoms with E-state index in [2.05, 4.69) is 4.98 Å². The number of ketones is 1. The van der Waals surface area contributed by atoms with E-state index in [0.29, 0.717) is 28.7 Å². The van der Waals surface area contributed by atoms with E-state index in [1.807, 2.05) is 6.92 Å². The summed E-state index contributed by atoms with van der Waals surface area (Å²) in [6, 6.07) is 5.72. The average Bonchev–Trinajstić information content (AvgIpc) is 3.35. The van der Waals surface area contributed by atoms with Crippen LogP contribution in [-0.2, 0) is 4.79 Å². The number of nitrogens with two attached hydrogens (primary N) is 1. The summed E-state index contributed by atoms with van der Waals surface area (Å²) in [5.74, 6) is -0.525. The molecule has 2 atom stereocenters. The van der Waals surface area contributed by atoms with Gasteiger partial charge in [0.1, 0.15) is 0 Å². The molecule has 1 amide bonds. The summed E-state index contributed by atoms with van der Waals surface area (Å²) in [4.78, 5) is 28.9. The predicted molar refractivity (Wildman–Crippen MR) is 115 cm³/mol. The summed E-state index contributed by atoms with van der Waals surface area (Å²) in [5.41, 5.74) is 6.65. The zero-order valence-electron chi connectivity index (χ0n) is 17.5. The van der Waals surface area contributed by atoms with E-state index in [9.17, 15) is 14.8 Å². The second kappa shape index (κ2) is 8.93. The van der Waals surface area contributed by atoms with Gasteiger partial charge in [0.15, 0.2) is 17.3 Å². The average molecular weight is 424 g/mol. The van der Waals surface area contributed by atoms with E-state index in [1.54, 1.807) is 18.2 Å². The predicted octanol–water partition coefficient (Wildman–Crippen LogP) is 3.33. The van der Waals surface area contributed by atoms with E-state index in [4.69, 9.17) is 15.2 Å². The van der Waals surface area contributed by atoms with Crippen molar-refractivity contribution >= 4 is 17.4 Å². The highest BCUT2D eigenvalue weighted by atomic mass is 16.5. The van der Waals surface area contributed by atoms with Crippen LogP contribution in [0.25, 0.3) is 0 Å². The lowest BCUT2D eigenvalue weighted by Gasteiger charge is -2.37. The summed E-state index contributed by atoms with van der Waals surface area (Å²) in [5, 5.41) is 13.7. The van der Waals surface area contributed by atoms with Crippen LogP contribution in [0.2, 0.25) is 0 Å². The smallest absolute Gasteiger partial charge is 0.218 e. The Labute approximate surface area is 180 Å². The molecule has 0 spiro atoms. The number of fused-ring (bicyclic) bond motifs is 1. The highest BCUT2D eigenvalue weighted by molar-refractivity contribution is 6.11. The van der Waals surface area contributed by atoms with Crippen molar-refractivity contribution in [3.05, 3.63) is 53.0 Å². The van der Waals surface area contributed by atoms with Crippen LogP contribution in [0.5, 0.6) is 11.5 Å². The molecular formula is C23H26N3O5-. The number of Topliss-reactive ketones (excluding diaryl/α,β-unsaturated/α-hetero) is 1. The molecule has 164 valence electrons. The lowest BCUT2D eigenvalue weighted by molar-refractivity contribution is -0.118. The topological polar surface area (TPSA) is 118 Å². The summed E-state index contributed by atoms with van der Waals surface area (Å²) in [7, 11) is 0. The molecule has 8 heteroatoms. The number of aromatic nitrogens is 1. The molecule has 8 nitrogen and oxygen atoms in total. The monoisotopic (exact) mass is 424 g/mol. The number of benzene rings is 1. The molecule has 0 radical (unpaired) electrons. The van der Waals surface area contributed by atoms with Crippen LogP contribution in [-0.4, -0.2) is 35.4 Å². The van der Waals surface area contributed by atoms with Crippen molar-refractivity contribution in [2.45, 2.75) is 57.1 Å². The third kappa shape index (κ3) is 4.20. The van der Waals surface area contributed by atoms with E-state index in [-0.39, 0.29) is 29.6 Å². The van der Waals surface area contributed by atoms with E-state index in [1.165, 1.54) is 18.5 Å². The SMILES string of the molecule is CCOc1ccc(C(CC(N)=O)C2C(=O)c3cnccc3N2[O-])cc1OC1CCCC1. The first kappa shape index (κ1) is 21.1. The van der Waals surface area contributed by atoms with E-state index in [0.717, 1.165) is 25.7 Å². The number of hydrogen-bond acceptors (Lipinski definition) is 7. The minimum Gasteiger partial charge on any atom is -0.758 e. The Kier molecular flexibility index (Phi) is 6.08. The Morgan fingerprint density at radius 2 is 2.06 bits per heavy atom. The molecule has 0 saturated heterocycles. The number of amides is 1. The number of carbonyl (C=O) groups excluding carboxylic acids is 2. The van der Waals surface area contributed by atoms with E-state index >= 15 is 0 Å². The Hall–Kier alpha value is -3.13. The Bertz CT molecular complexity index is 973. The molecule has 1 aliphatic heterocycles. The van der Waals surface area contributed by atoms with Crippen LogP contribution >= 0.6 is 0 Å². The van der Waals surface area contributed by atoms with Gasteiger partial charge in [-0.3, -0.25) is 14.6 Å². The fourth-order valence-electron chi connectivity index (χ4n) is 4.47. The van der Waals surface area contributed by atoms with Crippen molar-refractivity contribution in [3.63, 3.8) is 0 Å². The molecule has 2 unspecified atom stereocenters. The van der Waals surface area contributed by atoms with Gasteiger partial charge in [-0.15, -0.1) is 0 Å². The minimum atomic E-state index is -1.09. The van der Waals surface area contributed by atoms with Gasteiger partial charge in [0.2, 0.25) is 5.91 Å². The molecule has 31 heavy (non-hydrogen) atoms. The second-order valence-electron chi connectivity index (χ2n) is 7.97. The Morgan fingerprint density at radius 1 is 1.29 bits per heavy atom. The molecule has 1 aromatic heterocycles. The highest BCUT2D eigenvalue weighted by Gasteiger charge is 2.39. The number of pyridine rings is 1. The summed E-state index contributed by atoms with van der Waals surface area (Å²) >= 11 is 0. The van der Waals surface area contributed by atoms with Crippen LogP contribution in [0.1, 0.15) is 60.9 Å². The molecule has 4 rings (SSSR count). The standard InChI is InChI=1S/C23H26N3O5/c1-2-30-19-8-7-14(11-20(19)31-15-5-3-4-6-15)16(12-21(24)27)22-23(28)17-13-25-10-9-18(17)26(22)29/h7-11,13,15-16,22H,2-6,12H2,1H3,(H2,24,27)/q-1. The highest BCUT2D eigenvalue weighted by Crippen LogP contribution is 2.41. The summed E-state index contributed by atoms with van der Waals surface area (Å²) < 4.78 is 11.9. The zero-order valence-corrected chi connectivity index (χ0v) is 17.5. The van der Waals surface area contributed by atoms with Gasteiger partial charge in [0.25, 0.3) is 0 Å². The second-order valence-corrected chi connectivity index (χ2v) is 7.97. The molecular weight excluding hydrogens is 398 g/mol. The van der Waals surface area contributed by atoms with Crippen molar-refractivity contribution in [2.75, 3.05) is 11.7 Å². The number of carbonyl (C=O) groups is 2. The van der Waals surface area contributed by atoms with Crippen molar-refractivity contribution in [1.29, 1.82) is 0 Å². The van der Waals surface area contributed by atoms with Crippen LogP contribution in [0.4, 0.5) is 5.69 Å². The van der Waals surface area contributed by atoms with Gasteiger partial charge >= 0.3 is 0 Å². The normalized spacial score (nSPS) is 19.4. The third-order valence-electron chi connectivity index (χ3n) is 5.92. The third-order valence-corrected chi connectivity index (χ3v) is 5.92. The minimum absolute atomic E-state index is 0.100. The molecule has 2 aliphatic rings. The van der Waals surface area contributed by atoms with Gasteiger partial charge in [-0.25, -0.2) is 0 Å². The fraction of sp³-hybridized carbons (Fsp3) is 0.435. The molecule has 1 saturated carbocycles. The summed E-state index contributed by atoms with van der Waals surface area (Å²) in [6.07, 6.45) is 6.98. The van der Waals surface area contributed by atoms with Gasteiger partial charge in [0, 0.05) is 30.4 Å². The first-order valence-corrected chi connectivity index (χ1v) is 10.7. The zero-order chi connectivity index (χ0) is 22.0. The summed E-state index contributed by atoms with van der Waals surface area (Å²) in [6.45, 7) is 2.36. The number of ether oxygens (including phenoxy) is 2. The largest absolute Gasteiger partial charge is 0.758 e. The molecule has 2 heterocycles. The van der Waals surface area contributed by atoms with Crippen molar-refractivity contribution < 1.29 is 19.1 Å². The van der Waals surface area contributed by atoms with Crippen LogP contribution in [0.15, 0.2) is 36.7 Å².